The van der Waals surface area contributed by atoms with E-state index in [4.69, 9.17) is 0 Å². The molecule has 1 aromatic rings. The first-order valence-corrected chi connectivity index (χ1v) is 6.65. The van der Waals surface area contributed by atoms with Gasteiger partial charge in [-0.15, -0.1) is 5.10 Å². The Morgan fingerprint density at radius 3 is 2.78 bits per heavy atom. The Balaban J connectivity index is 2.13. The SMILES string of the molecule is COC(=O)CN(C(=O)c1cnns1)C1CCCC1. The lowest BCUT2D eigenvalue weighted by molar-refractivity contribution is -0.141. The van der Waals surface area contributed by atoms with E-state index < -0.39 is 5.97 Å². The highest BCUT2D eigenvalue weighted by molar-refractivity contribution is 7.07. The predicted octanol–water partition coefficient (Wildman–Crippen LogP) is 1.10. The fourth-order valence-electron chi connectivity index (χ4n) is 2.19. The van der Waals surface area contributed by atoms with E-state index in [0.717, 1.165) is 37.2 Å². The van der Waals surface area contributed by atoms with E-state index in [1.165, 1.54) is 13.3 Å². The van der Waals surface area contributed by atoms with Crippen LogP contribution in [0, 0.1) is 0 Å². The molecule has 0 aromatic carbocycles. The van der Waals surface area contributed by atoms with Gasteiger partial charge in [-0.1, -0.05) is 17.3 Å². The molecule has 0 radical (unpaired) electrons. The zero-order chi connectivity index (χ0) is 13.0. The van der Waals surface area contributed by atoms with Crippen LogP contribution in [0.5, 0.6) is 0 Å². The number of ether oxygens (including phenoxy) is 1. The van der Waals surface area contributed by atoms with Gasteiger partial charge >= 0.3 is 5.97 Å². The van der Waals surface area contributed by atoms with Crippen molar-refractivity contribution in [2.45, 2.75) is 31.7 Å². The first-order valence-electron chi connectivity index (χ1n) is 5.87. The maximum Gasteiger partial charge on any atom is 0.325 e. The quantitative estimate of drug-likeness (QED) is 0.765. The standard InChI is InChI=1S/C11H15N3O3S/c1-17-10(15)7-14(8-4-2-3-5-8)11(16)9-6-12-13-18-9/h6,8H,2-5,7H2,1H3. The van der Waals surface area contributed by atoms with Crippen LogP contribution < -0.4 is 0 Å². The van der Waals surface area contributed by atoms with Gasteiger partial charge in [0.1, 0.15) is 11.4 Å². The van der Waals surface area contributed by atoms with Gasteiger partial charge in [-0.05, 0) is 24.4 Å². The number of aromatic nitrogens is 2. The smallest absolute Gasteiger partial charge is 0.325 e. The third-order valence-electron chi connectivity index (χ3n) is 3.13. The van der Waals surface area contributed by atoms with Crippen molar-refractivity contribution in [3.63, 3.8) is 0 Å². The highest BCUT2D eigenvalue weighted by atomic mass is 32.1. The maximum absolute atomic E-state index is 12.3. The van der Waals surface area contributed by atoms with Crippen molar-refractivity contribution < 1.29 is 14.3 Å². The number of hydrogen-bond acceptors (Lipinski definition) is 6. The van der Waals surface area contributed by atoms with Crippen molar-refractivity contribution in [1.29, 1.82) is 0 Å². The molecule has 2 rings (SSSR count). The van der Waals surface area contributed by atoms with Crippen molar-refractivity contribution in [1.82, 2.24) is 14.5 Å². The molecule has 0 bridgehead atoms. The summed E-state index contributed by atoms with van der Waals surface area (Å²) in [5.41, 5.74) is 0. The van der Waals surface area contributed by atoms with E-state index in [9.17, 15) is 9.59 Å². The Morgan fingerprint density at radius 2 is 2.22 bits per heavy atom. The average molecular weight is 269 g/mol. The van der Waals surface area contributed by atoms with Crippen LogP contribution in [0.1, 0.15) is 35.4 Å². The van der Waals surface area contributed by atoms with Gasteiger partial charge < -0.3 is 9.64 Å². The van der Waals surface area contributed by atoms with Gasteiger partial charge in [-0.3, -0.25) is 9.59 Å². The Morgan fingerprint density at radius 1 is 1.50 bits per heavy atom. The van der Waals surface area contributed by atoms with Crippen LogP contribution in [0.25, 0.3) is 0 Å². The van der Waals surface area contributed by atoms with Gasteiger partial charge in [0, 0.05) is 6.04 Å². The molecule has 1 amide bonds. The zero-order valence-corrected chi connectivity index (χ0v) is 11.0. The van der Waals surface area contributed by atoms with E-state index in [0.29, 0.717) is 4.88 Å². The van der Waals surface area contributed by atoms with Crippen LogP contribution in [-0.2, 0) is 9.53 Å². The molecule has 0 unspecified atom stereocenters. The van der Waals surface area contributed by atoms with Crippen LogP contribution in [0.3, 0.4) is 0 Å². The lowest BCUT2D eigenvalue weighted by Crippen LogP contribution is -2.42. The molecule has 1 heterocycles. The Labute approximate surface area is 109 Å². The number of rotatable bonds is 4. The minimum atomic E-state index is -0.396. The average Bonchev–Trinajstić information content (AvgIpc) is 3.06. The number of nitrogens with zero attached hydrogens (tertiary/aromatic N) is 3. The predicted molar refractivity (Wildman–Crippen MR) is 65.2 cm³/mol. The number of carbonyl (C=O) groups is 2. The molecule has 7 heteroatoms. The summed E-state index contributed by atoms with van der Waals surface area (Å²) < 4.78 is 8.33. The molecular formula is C11H15N3O3S. The molecular weight excluding hydrogens is 254 g/mol. The third-order valence-corrected chi connectivity index (χ3v) is 3.78. The summed E-state index contributed by atoms with van der Waals surface area (Å²) in [6.07, 6.45) is 5.50. The van der Waals surface area contributed by atoms with E-state index in [1.54, 1.807) is 4.90 Å². The minimum absolute atomic E-state index is 0.00208. The van der Waals surface area contributed by atoms with Crippen LogP contribution >= 0.6 is 11.5 Å². The first-order chi connectivity index (χ1) is 8.72. The van der Waals surface area contributed by atoms with Crippen LogP contribution in [0.15, 0.2) is 6.20 Å². The van der Waals surface area contributed by atoms with Crippen LogP contribution in [0.4, 0.5) is 0 Å². The molecule has 0 aliphatic heterocycles. The summed E-state index contributed by atoms with van der Waals surface area (Å²) in [5.74, 6) is -0.574. The first kappa shape index (κ1) is 12.9. The summed E-state index contributed by atoms with van der Waals surface area (Å²) >= 11 is 1.05. The Hall–Kier alpha value is -1.50. The zero-order valence-electron chi connectivity index (χ0n) is 10.2. The van der Waals surface area contributed by atoms with Crippen molar-refractivity contribution in [3.8, 4) is 0 Å². The number of amides is 1. The molecule has 1 aliphatic rings. The molecule has 1 aliphatic carbocycles. The number of carbonyl (C=O) groups excluding carboxylic acids is 2. The molecule has 0 atom stereocenters. The number of methoxy groups -OCH3 is 1. The van der Waals surface area contributed by atoms with Gasteiger partial charge in [0.15, 0.2) is 0 Å². The van der Waals surface area contributed by atoms with E-state index >= 15 is 0 Å². The van der Waals surface area contributed by atoms with Crippen LogP contribution in [-0.4, -0.2) is 46.1 Å². The monoisotopic (exact) mass is 269 g/mol. The minimum Gasteiger partial charge on any atom is -0.468 e. The van der Waals surface area contributed by atoms with E-state index in [1.807, 2.05) is 0 Å². The second-order valence-corrected chi connectivity index (χ2v) is 5.01. The molecule has 6 nitrogen and oxygen atoms in total. The lowest BCUT2D eigenvalue weighted by Gasteiger charge is -2.27. The Kier molecular flexibility index (Phi) is 4.24. The van der Waals surface area contributed by atoms with Gasteiger partial charge in [0.2, 0.25) is 0 Å². The van der Waals surface area contributed by atoms with Gasteiger partial charge in [0.25, 0.3) is 5.91 Å². The largest absolute Gasteiger partial charge is 0.468 e. The summed E-state index contributed by atoms with van der Waals surface area (Å²) in [5, 5.41) is 3.66. The molecule has 1 fully saturated rings. The summed E-state index contributed by atoms with van der Waals surface area (Å²) in [6.45, 7) is -0.00208. The van der Waals surface area contributed by atoms with Crippen LogP contribution in [0.2, 0.25) is 0 Å². The second-order valence-electron chi connectivity index (χ2n) is 4.23. The summed E-state index contributed by atoms with van der Waals surface area (Å²) in [4.78, 5) is 25.8. The topological polar surface area (TPSA) is 72.4 Å². The molecule has 98 valence electrons. The fourth-order valence-corrected chi connectivity index (χ4v) is 2.66. The highest BCUT2D eigenvalue weighted by Crippen LogP contribution is 2.25. The Bertz CT molecular complexity index is 415. The van der Waals surface area contributed by atoms with Crippen molar-refractivity contribution in [2.75, 3.05) is 13.7 Å². The normalized spacial score (nSPS) is 15.6. The molecule has 0 spiro atoms. The summed E-state index contributed by atoms with van der Waals surface area (Å²) in [7, 11) is 1.33. The fraction of sp³-hybridized carbons (Fsp3) is 0.636. The highest BCUT2D eigenvalue weighted by Gasteiger charge is 2.30. The third kappa shape index (κ3) is 2.84. The van der Waals surface area contributed by atoms with Gasteiger partial charge in [0.05, 0.1) is 13.3 Å². The molecule has 18 heavy (non-hydrogen) atoms. The van der Waals surface area contributed by atoms with Crippen molar-refractivity contribution >= 4 is 23.4 Å². The molecule has 1 aromatic heterocycles. The molecule has 1 saturated carbocycles. The number of esters is 1. The van der Waals surface area contributed by atoms with E-state index in [2.05, 4.69) is 14.3 Å². The second kappa shape index (κ2) is 5.90. The molecule has 0 saturated heterocycles. The summed E-state index contributed by atoms with van der Waals surface area (Å²) in [6, 6.07) is 0.124. The van der Waals surface area contributed by atoms with E-state index in [-0.39, 0.29) is 18.5 Å². The molecule has 0 N–H and O–H groups in total. The van der Waals surface area contributed by atoms with Gasteiger partial charge in [-0.25, -0.2) is 0 Å². The lowest BCUT2D eigenvalue weighted by atomic mass is 10.2. The number of hydrogen-bond donors (Lipinski definition) is 0. The van der Waals surface area contributed by atoms with Gasteiger partial charge in [-0.2, -0.15) is 0 Å². The van der Waals surface area contributed by atoms with Crippen molar-refractivity contribution in [2.24, 2.45) is 0 Å². The van der Waals surface area contributed by atoms with Crippen molar-refractivity contribution in [3.05, 3.63) is 11.1 Å². The maximum atomic E-state index is 12.3.